The van der Waals surface area contributed by atoms with Crippen molar-refractivity contribution in [2.24, 2.45) is 0 Å². The average molecular weight is 439 g/mol. The SMILES string of the molecule is O=C(O)CCn1c2c(c3ccccc31)CC(NS(=O)(=O)c1ccc(Cl)s1)CC2. The molecule has 0 saturated carbocycles. The topological polar surface area (TPSA) is 88.4 Å². The number of benzene rings is 1. The number of halogens is 1. The second-order valence-corrected chi connectivity index (χ2v) is 10.5. The summed E-state index contributed by atoms with van der Waals surface area (Å²) in [6, 6.07) is 10.8. The quantitative estimate of drug-likeness (QED) is 0.614. The van der Waals surface area contributed by atoms with Gasteiger partial charge in [-0.3, -0.25) is 4.79 Å². The van der Waals surface area contributed by atoms with E-state index in [0.717, 1.165) is 33.5 Å². The number of aromatic nitrogens is 1. The van der Waals surface area contributed by atoms with E-state index in [0.29, 0.717) is 30.1 Å². The van der Waals surface area contributed by atoms with Crippen LogP contribution in [0.15, 0.2) is 40.6 Å². The molecule has 28 heavy (non-hydrogen) atoms. The summed E-state index contributed by atoms with van der Waals surface area (Å²) in [5.41, 5.74) is 3.21. The normalized spacial score (nSPS) is 17.0. The van der Waals surface area contributed by atoms with Crippen LogP contribution >= 0.6 is 22.9 Å². The number of nitrogens with one attached hydrogen (secondary N) is 1. The molecule has 1 unspecified atom stereocenters. The molecular formula is C19H19ClN2O4S2. The van der Waals surface area contributed by atoms with E-state index in [1.807, 2.05) is 24.3 Å². The first-order valence-electron chi connectivity index (χ1n) is 8.93. The first-order valence-corrected chi connectivity index (χ1v) is 11.6. The van der Waals surface area contributed by atoms with E-state index < -0.39 is 16.0 Å². The van der Waals surface area contributed by atoms with Gasteiger partial charge in [-0.25, -0.2) is 13.1 Å². The van der Waals surface area contributed by atoms with E-state index >= 15 is 0 Å². The van der Waals surface area contributed by atoms with Gasteiger partial charge in [0.05, 0.1) is 10.8 Å². The van der Waals surface area contributed by atoms with Gasteiger partial charge in [-0.1, -0.05) is 29.8 Å². The molecule has 0 amide bonds. The molecule has 2 heterocycles. The molecule has 1 atom stereocenters. The zero-order valence-corrected chi connectivity index (χ0v) is 17.3. The van der Waals surface area contributed by atoms with Crippen LogP contribution in [0.4, 0.5) is 0 Å². The standard InChI is InChI=1S/C19H19ClN2O4S2/c20-17-7-8-19(27-17)28(25,26)21-12-5-6-16-14(11-12)13-3-1-2-4-15(13)22(16)10-9-18(23)24/h1-4,7-8,12,21H,5-6,9-11H2,(H,23,24). The second-order valence-electron chi connectivity index (χ2n) is 6.86. The second kappa shape index (κ2) is 7.51. The van der Waals surface area contributed by atoms with Gasteiger partial charge >= 0.3 is 5.97 Å². The Kier molecular flexibility index (Phi) is 5.22. The summed E-state index contributed by atoms with van der Waals surface area (Å²) >= 11 is 6.92. The van der Waals surface area contributed by atoms with Crippen LogP contribution in [-0.2, 0) is 34.2 Å². The van der Waals surface area contributed by atoms with E-state index in [1.54, 1.807) is 6.07 Å². The lowest BCUT2D eigenvalue weighted by molar-refractivity contribution is -0.137. The Morgan fingerprint density at radius 2 is 2.07 bits per heavy atom. The van der Waals surface area contributed by atoms with Crippen molar-refractivity contribution in [2.75, 3.05) is 0 Å². The predicted molar refractivity (Wildman–Crippen MR) is 110 cm³/mol. The van der Waals surface area contributed by atoms with Crippen LogP contribution in [0.5, 0.6) is 0 Å². The molecule has 0 spiro atoms. The van der Waals surface area contributed by atoms with Gasteiger partial charge < -0.3 is 9.67 Å². The average Bonchev–Trinajstić information content (AvgIpc) is 3.22. The lowest BCUT2D eigenvalue weighted by Gasteiger charge is -2.24. The van der Waals surface area contributed by atoms with Crippen LogP contribution in [-0.4, -0.2) is 30.1 Å². The minimum Gasteiger partial charge on any atom is -0.481 e. The largest absolute Gasteiger partial charge is 0.481 e. The number of carboxylic acids is 1. The van der Waals surface area contributed by atoms with Crippen molar-refractivity contribution in [3.05, 3.63) is 52.0 Å². The van der Waals surface area contributed by atoms with Gasteiger partial charge in [-0.15, -0.1) is 11.3 Å². The minimum absolute atomic E-state index is 0.0559. The highest BCUT2D eigenvalue weighted by Crippen LogP contribution is 2.33. The highest BCUT2D eigenvalue weighted by Gasteiger charge is 2.29. The molecule has 4 rings (SSSR count). The summed E-state index contributed by atoms with van der Waals surface area (Å²) in [5, 5.41) is 10.1. The summed E-state index contributed by atoms with van der Waals surface area (Å²) < 4.78 is 30.8. The summed E-state index contributed by atoms with van der Waals surface area (Å²) in [6.07, 6.45) is 1.99. The number of hydrogen-bond acceptors (Lipinski definition) is 4. The number of fused-ring (bicyclic) bond motifs is 3. The fraction of sp³-hybridized carbons (Fsp3) is 0.316. The molecule has 0 radical (unpaired) electrons. The van der Waals surface area contributed by atoms with Crippen molar-refractivity contribution in [2.45, 2.75) is 42.5 Å². The fourth-order valence-corrected chi connectivity index (χ4v) is 6.65. The predicted octanol–water partition coefficient (Wildman–Crippen LogP) is 3.67. The molecule has 1 aliphatic carbocycles. The number of aliphatic carboxylic acids is 1. The molecule has 1 aromatic carbocycles. The molecule has 3 aromatic rings. The summed E-state index contributed by atoms with van der Waals surface area (Å²) in [6.45, 7) is 0.412. The molecule has 0 bridgehead atoms. The third kappa shape index (κ3) is 3.69. The number of rotatable bonds is 6. The van der Waals surface area contributed by atoms with Crippen LogP contribution in [0, 0.1) is 0 Å². The molecule has 0 fully saturated rings. The summed E-state index contributed by atoms with van der Waals surface area (Å²) in [4.78, 5) is 11.0. The van der Waals surface area contributed by atoms with Gasteiger partial charge in [-0.2, -0.15) is 0 Å². The van der Waals surface area contributed by atoms with Crippen molar-refractivity contribution >= 4 is 49.8 Å². The Hall–Kier alpha value is -1.87. The summed E-state index contributed by atoms with van der Waals surface area (Å²) in [7, 11) is -3.61. The number of aryl methyl sites for hydroxylation is 1. The van der Waals surface area contributed by atoms with Crippen molar-refractivity contribution in [3.8, 4) is 0 Å². The molecule has 1 aliphatic rings. The monoisotopic (exact) mass is 438 g/mol. The third-order valence-corrected chi connectivity index (χ3v) is 8.30. The van der Waals surface area contributed by atoms with E-state index in [1.165, 1.54) is 6.07 Å². The maximum absolute atomic E-state index is 12.6. The number of hydrogen-bond donors (Lipinski definition) is 2. The number of carboxylic acid groups (broad SMARTS) is 1. The smallest absolute Gasteiger partial charge is 0.305 e. The maximum atomic E-state index is 12.6. The Morgan fingerprint density at radius 1 is 1.29 bits per heavy atom. The third-order valence-electron chi connectivity index (χ3n) is 5.06. The van der Waals surface area contributed by atoms with E-state index in [2.05, 4.69) is 9.29 Å². The van der Waals surface area contributed by atoms with Crippen molar-refractivity contribution in [3.63, 3.8) is 0 Å². The molecule has 9 heteroatoms. The minimum atomic E-state index is -3.61. The number of carbonyl (C=O) groups is 1. The number of sulfonamides is 1. The first kappa shape index (κ1) is 19.4. The van der Waals surface area contributed by atoms with Crippen LogP contribution in [0.25, 0.3) is 10.9 Å². The summed E-state index contributed by atoms with van der Waals surface area (Å²) in [5.74, 6) is -0.831. The molecule has 0 saturated heterocycles. The first-order chi connectivity index (χ1) is 13.3. The molecule has 6 nitrogen and oxygen atoms in total. The Bertz CT molecular complexity index is 1150. The molecule has 0 aliphatic heterocycles. The maximum Gasteiger partial charge on any atom is 0.305 e. The van der Waals surface area contributed by atoms with Crippen LogP contribution in [0.1, 0.15) is 24.1 Å². The number of nitrogens with zero attached hydrogens (tertiary/aromatic N) is 1. The van der Waals surface area contributed by atoms with Crippen molar-refractivity contribution < 1.29 is 18.3 Å². The lowest BCUT2D eigenvalue weighted by atomic mass is 9.92. The zero-order chi connectivity index (χ0) is 19.9. The molecule has 2 aromatic heterocycles. The van der Waals surface area contributed by atoms with Crippen molar-refractivity contribution in [1.29, 1.82) is 0 Å². The van der Waals surface area contributed by atoms with Crippen LogP contribution < -0.4 is 4.72 Å². The Balaban J connectivity index is 1.63. The van der Waals surface area contributed by atoms with E-state index in [4.69, 9.17) is 16.7 Å². The highest BCUT2D eigenvalue weighted by molar-refractivity contribution is 7.91. The lowest BCUT2D eigenvalue weighted by Crippen LogP contribution is -2.38. The van der Waals surface area contributed by atoms with Gasteiger partial charge in [0.15, 0.2) is 0 Å². The Labute approximate surface area is 171 Å². The van der Waals surface area contributed by atoms with Gasteiger partial charge in [0, 0.05) is 29.2 Å². The van der Waals surface area contributed by atoms with Crippen LogP contribution in [0.2, 0.25) is 4.34 Å². The highest BCUT2D eigenvalue weighted by atomic mass is 35.5. The molecule has 2 N–H and O–H groups in total. The van der Waals surface area contributed by atoms with Crippen molar-refractivity contribution in [1.82, 2.24) is 9.29 Å². The van der Waals surface area contributed by atoms with Gasteiger partial charge in [0.2, 0.25) is 10.0 Å². The van der Waals surface area contributed by atoms with E-state index in [9.17, 15) is 13.2 Å². The molecule has 148 valence electrons. The van der Waals surface area contributed by atoms with E-state index in [-0.39, 0.29) is 16.7 Å². The van der Waals surface area contributed by atoms with Crippen LogP contribution in [0.3, 0.4) is 0 Å². The number of thiophene rings is 1. The van der Waals surface area contributed by atoms with Gasteiger partial charge in [0.25, 0.3) is 0 Å². The number of para-hydroxylation sites is 1. The Morgan fingerprint density at radius 3 is 2.79 bits per heavy atom. The van der Waals surface area contributed by atoms with Gasteiger partial charge in [-0.05, 0) is 43.0 Å². The zero-order valence-electron chi connectivity index (χ0n) is 14.9. The fourth-order valence-electron chi connectivity index (χ4n) is 3.88. The molecular weight excluding hydrogens is 420 g/mol. The van der Waals surface area contributed by atoms with Gasteiger partial charge in [0.1, 0.15) is 4.21 Å².